The number of nitrogens with zero attached hydrogens (tertiary/aromatic N) is 2. The molecule has 5 nitrogen and oxygen atoms in total. The van der Waals surface area contributed by atoms with Crippen LogP contribution in [0.2, 0.25) is 0 Å². The summed E-state index contributed by atoms with van der Waals surface area (Å²) in [5.41, 5.74) is -0.774. The first-order valence-electron chi connectivity index (χ1n) is 6.95. The van der Waals surface area contributed by atoms with Crippen LogP contribution in [0.25, 0.3) is 0 Å². The van der Waals surface area contributed by atoms with E-state index >= 15 is 0 Å². The molecule has 1 aromatic rings. The third kappa shape index (κ3) is 3.51. The van der Waals surface area contributed by atoms with Crippen LogP contribution in [-0.4, -0.2) is 37.3 Å². The number of aliphatic carboxylic acids is 1. The van der Waals surface area contributed by atoms with Crippen molar-refractivity contribution in [1.29, 1.82) is 0 Å². The average molecular weight is 315 g/mol. The summed E-state index contributed by atoms with van der Waals surface area (Å²) < 4.78 is 5.23. The minimum absolute atomic E-state index is 0.170. The van der Waals surface area contributed by atoms with E-state index in [0.717, 1.165) is 23.0 Å². The van der Waals surface area contributed by atoms with Crippen LogP contribution >= 0.6 is 23.3 Å². The maximum atomic E-state index is 11.6. The third-order valence-corrected chi connectivity index (χ3v) is 5.57. The zero-order valence-corrected chi connectivity index (χ0v) is 13.7. The van der Waals surface area contributed by atoms with Crippen molar-refractivity contribution in [2.24, 2.45) is 0 Å². The summed E-state index contributed by atoms with van der Waals surface area (Å²) in [6, 6.07) is 0.170. The summed E-state index contributed by atoms with van der Waals surface area (Å²) in [6.45, 7) is 6.01. The summed E-state index contributed by atoms with van der Waals surface area (Å²) in [4.78, 5) is 16.1. The van der Waals surface area contributed by atoms with Gasteiger partial charge in [-0.25, -0.2) is 4.98 Å². The van der Waals surface area contributed by atoms with Crippen molar-refractivity contribution >= 4 is 29.3 Å². The number of thioether (sulfide) groups is 1. The summed E-state index contributed by atoms with van der Waals surface area (Å²) in [7, 11) is 0. The van der Waals surface area contributed by atoms with Gasteiger partial charge in [-0.05, 0) is 44.6 Å². The quantitative estimate of drug-likeness (QED) is 0.840. The van der Waals surface area contributed by atoms with Crippen LogP contribution in [0.4, 0.5) is 0 Å². The summed E-state index contributed by atoms with van der Waals surface area (Å²) in [6.07, 6.45) is 3.07. The number of hydrogen-bond acceptors (Lipinski definition) is 6. The Hall–Kier alpha value is -0.660. The molecule has 1 fully saturated rings. The molecule has 0 bridgehead atoms. The fourth-order valence-corrected chi connectivity index (χ4v) is 4.85. The number of carboxylic acids is 1. The number of carbonyl (C=O) groups is 1. The van der Waals surface area contributed by atoms with Gasteiger partial charge in [0.25, 0.3) is 0 Å². The molecule has 2 N–H and O–H groups in total. The fraction of sp³-hybridized carbons (Fsp3) is 0.769. The van der Waals surface area contributed by atoms with Crippen molar-refractivity contribution in [3.8, 4) is 0 Å². The third-order valence-electron chi connectivity index (χ3n) is 3.48. The van der Waals surface area contributed by atoms with E-state index in [1.54, 1.807) is 11.8 Å². The Bertz CT molecular complexity index is 478. The van der Waals surface area contributed by atoms with E-state index in [0.29, 0.717) is 18.1 Å². The van der Waals surface area contributed by atoms with E-state index in [9.17, 15) is 9.90 Å². The minimum atomic E-state index is -0.774. The average Bonchev–Trinajstić information content (AvgIpc) is 2.97. The van der Waals surface area contributed by atoms with Gasteiger partial charge in [0.2, 0.25) is 0 Å². The van der Waals surface area contributed by atoms with Crippen molar-refractivity contribution < 1.29 is 9.90 Å². The largest absolute Gasteiger partial charge is 0.480 e. The molecule has 1 saturated carbocycles. The van der Waals surface area contributed by atoms with Gasteiger partial charge in [0.1, 0.15) is 11.4 Å². The first-order valence-corrected chi connectivity index (χ1v) is 8.61. The molecule has 1 aromatic heterocycles. The zero-order valence-electron chi connectivity index (χ0n) is 12.0. The first kappa shape index (κ1) is 15.7. The molecular formula is C13H21N3O2S2. The Morgan fingerprint density at radius 1 is 1.65 bits per heavy atom. The lowest BCUT2D eigenvalue weighted by molar-refractivity contribution is -0.145. The topological polar surface area (TPSA) is 75.1 Å². The summed E-state index contributed by atoms with van der Waals surface area (Å²) in [5.74, 6) is 0.140. The SMILES string of the molecule is CCc1nsc(SC2CCC(NC(C)C)(C(=O)O)C2)n1. The van der Waals surface area contributed by atoms with E-state index in [1.807, 2.05) is 20.8 Å². The van der Waals surface area contributed by atoms with Gasteiger partial charge >= 0.3 is 5.97 Å². The molecule has 0 aromatic carbocycles. The number of carboxylic acid groups (broad SMARTS) is 1. The first-order chi connectivity index (χ1) is 9.45. The molecule has 112 valence electrons. The van der Waals surface area contributed by atoms with Crippen LogP contribution in [0.3, 0.4) is 0 Å². The van der Waals surface area contributed by atoms with Crippen LogP contribution in [0, 0.1) is 0 Å². The summed E-state index contributed by atoms with van der Waals surface area (Å²) >= 11 is 3.09. The highest BCUT2D eigenvalue weighted by atomic mass is 32.2. The number of aryl methyl sites for hydroxylation is 1. The molecule has 2 atom stereocenters. The van der Waals surface area contributed by atoms with Crippen LogP contribution in [0.15, 0.2) is 4.34 Å². The number of hydrogen-bond donors (Lipinski definition) is 2. The van der Waals surface area contributed by atoms with Gasteiger partial charge in [-0.3, -0.25) is 10.1 Å². The van der Waals surface area contributed by atoms with Crippen molar-refractivity contribution in [3.05, 3.63) is 5.82 Å². The van der Waals surface area contributed by atoms with Crippen molar-refractivity contribution in [1.82, 2.24) is 14.7 Å². The molecule has 0 radical (unpaired) electrons. The molecule has 0 amide bonds. The van der Waals surface area contributed by atoms with E-state index < -0.39 is 11.5 Å². The van der Waals surface area contributed by atoms with Crippen LogP contribution in [0.5, 0.6) is 0 Å². The Labute approximate surface area is 127 Å². The van der Waals surface area contributed by atoms with Gasteiger partial charge in [-0.1, -0.05) is 18.7 Å². The van der Waals surface area contributed by atoms with Gasteiger partial charge in [-0.15, -0.1) is 0 Å². The number of nitrogens with one attached hydrogen (secondary N) is 1. The lowest BCUT2D eigenvalue weighted by atomic mass is 9.97. The van der Waals surface area contributed by atoms with E-state index in [4.69, 9.17) is 0 Å². The molecule has 20 heavy (non-hydrogen) atoms. The van der Waals surface area contributed by atoms with Crippen molar-refractivity contribution in [3.63, 3.8) is 0 Å². The van der Waals surface area contributed by atoms with Gasteiger partial charge < -0.3 is 5.11 Å². The van der Waals surface area contributed by atoms with Crippen molar-refractivity contribution in [2.45, 2.75) is 67.6 Å². The van der Waals surface area contributed by atoms with Gasteiger partial charge in [0.15, 0.2) is 4.34 Å². The molecule has 1 heterocycles. The monoisotopic (exact) mass is 315 g/mol. The highest BCUT2D eigenvalue weighted by Gasteiger charge is 2.46. The molecule has 2 rings (SSSR count). The van der Waals surface area contributed by atoms with E-state index in [2.05, 4.69) is 14.7 Å². The Morgan fingerprint density at radius 2 is 2.40 bits per heavy atom. The standard InChI is InChI=1S/C13H21N3O2S2/c1-4-10-14-12(20-16-10)19-9-5-6-13(7-9,11(17)18)15-8(2)3/h8-9,15H,4-7H2,1-3H3,(H,17,18). The van der Waals surface area contributed by atoms with Gasteiger partial charge in [0, 0.05) is 17.7 Å². The summed E-state index contributed by atoms with van der Waals surface area (Å²) in [5, 5.41) is 13.1. The van der Waals surface area contributed by atoms with Crippen LogP contribution in [0.1, 0.15) is 45.9 Å². The molecule has 0 saturated heterocycles. The fourth-order valence-electron chi connectivity index (χ4n) is 2.61. The number of aromatic nitrogens is 2. The second-order valence-electron chi connectivity index (χ2n) is 5.50. The molecular weight excluding hydrogens is 294 g/mol. The predicted molar refractivity (Wildman–Crippen MR) is 81.4 cm³/mol. The predicted octanol–water partition coefficient (Wildman–Crippen LogP) is 2.57. The molecule has 7 heteroatoms. The Kier molecular flexibility index (Phi) is 5.04. The Morgan fingerprint density at radius 3 is 2.95 bits per heavy atom. The minimum Gasteiger partial charge on any atom is -0.480 e. The molecule has 2 unspecified atom stereocenters. The maximum Gasteiger partial charge on any atom is 0.323 e. The van der Waals surface area contributed by atoms with E-state index in [1.165, 1.54) is 11.5 Å². The molecule has 1 aliphatic rings. The lowest BCUT2D eigenvalue weighted by Crippen LogP contribution is -2.53. The van der Waals surface area contributed by atoms with Crippen molar-refractivity contribution in [2.75, 3.05) is 0 Å². The van der Waals surface area contributed by atoms with Crippen LogP contribution in [-0.2, 0) is 11.2 Å². The second kappa shape index (κ2) is 6.41. The lowest BCUT2D eigenvalue weighted by Gasteiger charge is -2.28. The van der Waals surface area contributed by atoms with Gasteiger partial charge in [0.05, 0.1) is 0 Å². The molecule has 1 aliphatic carbocycles. The smallest absolute Gasteiger partial charge is 0.323 e. The molecule has 0 spiro atoms. The zero-order chi connectivity index (χ0) is 14.8. The van der Waals surface area contributed by atoms with Crippen LogP contribution < -0.4 is 5.32 Å². The normalized spacial score (nSPS) is 26.3. The van der Waals surface area contributed by atoms with Gasteiger partial charge in [-0.2, -0.15) is 4.37 Å². The Balaban J connectivity index is 2.01. The second-order valence-corrected chi connectivity index (χ2v) is 7.80. The molecule has 0 aliphatic heterocycles. The number of rotatable bonds is 6. The highest BCUT2D eigenvalue weighted by molar-refractivity contribution is 8.01. The van der Waals surface area contributed by atoms with E-state index in [-0.39, 0.29) is 6.04 Å². The highest BCUT2D eigenvalue weighted by Crippen LogP contribution is 2.41. The maximum absolute atomic E-state index is 11.6.